The summed E-state index contributed by atoms with van der Waals surface area (Å²) in [4.78, 5) is 13.1. The maximum atomic E-state index is 12.5. The molecular formula is C21H25N3O2S. The molecule has 1 aromatic carbocycles. The minimum Gasteiger partial charge on any atom is -0.489 e. The number of ether oxygens (including phenoxy) is 1. The normalized spacial score (nSPS) is 10.8. The van der Waals surface area contributed by atoms with Crippen molar-refractivity contribution in [1.29, 1.82) is 0 Å². The molecule has 3 rings (SSSR count). The largest absolute Gasteiger partial charge is 0.489 e. The number of thiophene rings is 1. The molecule has 142 valence electrons. The third-order valence-corrected chi connectivity index (χ3v) is 5.40. The second kappa shape index (κ2) is 8.39. The Kier molecular flexibility index (Phi) is 5.96. The first-order valence-electron chi connectivity index (χ1n) is 9.09. The molecule has 0 saturated heterocycles. The van der Waals surface area contributed by atoms with Crippen LogP contribution in [0.25, 0.3) is 0 Å². The summed E-state index contributed by atoms with van der Waals surface area (Å²) in [5.41, 5.74) is 4.47. The Labute approximate surface area is 164 Å². The molecule has 3 aromatic rings. The van der Waals surface area contributed by atoms with E-state index in [-0.39, 0.29) is 5.91 Å². The summed E-state index contributed by atoms with van der Waals surface area (Å²) in [5, 5.41) is 9.26. The summed E-state index contributed by atoms with van der Waals surface area (Å²) in [6.07, 6.45) is 1.00. The fourth-order valence-corrected chi connectivity index (χ4v) is 3.52. The predicted molar refractivity (Wildman–Crippen MR) is 110 cm³/mol. The van der Waals surface area contributed by atoms with Gasteiger partial charge in [-0.05, 0) is 61.9 Å². The van der Waals surface area contributed by atoms with Crippen LogP contribution in [0.2, 0.25) is 0 Å². The fraction of sp³-hybridized carbons (Fsp3) is 0.333. The lowest BCUT2D eigenvalue weighted by molar-refractivity contribution is 0.103. The molecule has 0 aliphatic carbocycles. The van der Waals surface area contributed by atoms with Gasteiger partial charge in [0, 0.05) is 23.9 Å². The average molecular weight is 384 g/mol. The van der Waals surface area contributed by atoms with Crippen LogP contribution in [0, 0.1) is 20.8 Å². The van der Waals surface area contributed by atoms with Gasteiger partial charge in [-0.2, -0.15) is 5.10 Å². The Bertz CT molecular complexity index is 943. The molecule has 2 aromatic heterocycles. The van der Waals surface area contributed by atoms with E-state index in [0.717, 1.165) is 30.0 Å². The number of amides is 1. The molecule has 0 aliphatic rings. The summed E-state index contributed by atoms with van der Waals surface area (Å²) >= 11 is 1.41. The zero-order valence-electron chi connectivity index (χ0n) is 16.2. The Morgan fingerprint density at radius 3 is 2.74 bits per heavy atom. The Morgan fingerprint density at radius 2 is 2.00 bits per heavy atom. The Morgan fingerprint density at radius 1 is 1.19 bits per heavy atom. The quantitative estimate of drug-likeness (QED) is 0.617. The third kappa shape index (κ3) is 4.77. The van der Waals surface area contributed by atoms with E-state index < -0.39 is 0 Å². The number of carbonyl (C=O) groups is 1. The van der Waals surface area contributed by atoms with E-state index in [4.69, 9.17) is 4.74 Å². The number of nitrogens with zero attached hydrogens (tertiary/aromatic N) is 2. The van der Waals surface area contributed by atoms with Gasteiger partial charge in [-0.15, -0.1) is 11.3 Å². The van der Waals surface area contributed by atoms with Crippen LogP contribution in [0.1, 0.15) is 45.4 Å². The van der Waals surface area contributed by atoms with Crippen molar-refractivity contribution in [3.05, 3.63) is 63.0 Å². The lowest BCUT2D eigenvalue weighted by atomic mass is 10.1. The molecule has 0 radical (unpaired) electrons. The Balaban J connectivity index is 1.60. The highest BCUT2D eigenvalue weighted by atomic mass is 32.1. The van der Waals surface area contributed by atoms with Crippen LogP contribution in [-0.2, 0) is 13.2 Å². The fourth-order valence-electron chi connectivity index (χ4n) is 2.73. The highest BCUT2D eigenvalue weighted by Crippen LogP contribution is 2.21. The van der Waals surface area contributed by atoms with Crippen molar-refractivity contribution < 1.29 is 9.53 Å². The molecule has 0 spiro atoms. The van der Waals surface area contributed by atoms with Gasteiger partial charge in [0.15, 0.2) is 5.82 Å². The second-order valence-electron chi connectivity index (χ2n) is 6.70. The maximum Gasteiger partial charge on any atom is 0.266 e. The van der Waals surface area contributed by atoms with E-state index in [9.17, 15) is 4.79 Å². The van der Waals surface area contributed by atoms with Crippen LogP contribution < -0.4 is 10.1 Å². The van der Waals surface area contributed by atoms with Gasteiger partial charge in [0.1, 0.15) is 12.4 Å². The highest BCUT2D eigenvalue weighted by molar-refractivity contribution is 7.12. The van der Waals surface area contributed by atoms with E-state index in [1.807, 2.05) is 41.3 Å². The van der Waals surface area contributed by atoms with Crippen LogP contribution >= 0.6 is 11.3 Å². The van der Waals surface area contributed by atoms with E-state index in [2.05, 4.69) is 37.3 Å². The molecular weight excluding hydrogens is 358 g/mol. The SMILES string of the molecule is CCCn1nc(NC(=O)c2cc(COc3ccc(C)c(C)c3)cs2)cc1C. The van der Waals surface area contributed by atoms with Gasteiger partial charge < -0.3 is 10.1 Å². The standard InChI is InChI=1S/C21H25N3O2S/c1-5-8-24-16(4)10-20(23-24)22-21(25)19-11-17(13-27-19)12-26-18-7-6-14(2)15(3)9-18/h6-7,9-11,13H,5,8,12H2,1-4H3,(H,22,23,25). The summed E-state index contributed by atoms with van der Waals surface area (Å²) < 4.78 is 7.75. The minimum absolute atomic E-state index is 0.140. The van der Waals surface area contributed by atoms with E-state index >= 15 is 0 Å². The number of rotatable bonds is 7. The first-order valence-corrected chi connectivity index (χ1v) is 9.97. The predicted octanol–water partition coefficient (Wildman–Crippen LogP) is 5.11. The lowest BCUT2D eigenvalue weighted by Crippen LogP contribution is -2.11. The monoisotopic (exact) mass is 383 g/mol. The summed E-state index contributed by atoms with van der Waals surface area (Å²) in [5.74, 6) is 1.29. The molecule has 0 atom stereocenters. The molecule has 27 heavy (non-hydrogen) atoms. The molecule has 0 aliphatic heterocycles. The number of carbonyl (C=O) groups excluding carboxylic acids is 1. The zero-order chi connectivity index (χ0) is 19.4. The second-order valence-corrected chi connectivity index (χ2v) is 7.61. The summed E-state index contributed by atoms with van der Waals surface area (Å²) in [6.45, 7) is 9.53. The number of hydrogen-bond acceptors (Lipinski definition) is 4. The number of nitrogens with one attached hydrogen (secondary N) is 1. The number of aryl methyl sites for hydroxylation is 4. The van der Waals surface area contributed by atoms with Gasteiger partial charge in [0.25, 0.3) is 5.91 Å². The molecule has 0 saturated carbocycles. The summed E-state index contributed by atoms with van der Waals surface area (Å²) in [6, 6.07) is 9.82. The van der Waals surface area contributed by atoms with Gasteiger partial charge in [-0.25, -0.2) is 0 Å². The van der Waals surface area contributed by atoms with Crippen molar-refractivity contribution in [1.82, 2.24) is 9.78 Å². The van der Waals surface area contributed by atoms with Crippen molar-refractivity contribution in [3.8, 4) is 5.75 Å². The van der Waals surface area contributed by atoms with E-state index in [0.29, 0.717) is 17.3 Å². The first-order chi connectivity index (χ1) is 13.0. The maximum absolute atomic E-state index is 12.5. The average Bonchev–Trinajstić information content (AvgIpc) is 3.23. The van der Waals surface area contributed by atoms with Crippen LogP contribution in [-0.4, -0.2) is 15.7 Å². The summed E-state index contributed by atoms with van der Waals surface area (Å²) in [7, 11) is 0. The highest BCUT2D eigenvalue weighted by Gasteiger charge is 2.12. The molecule has 2 heterocycles. The third-order valence-electron chi connectivity index (χ3n) is 4.42. The van der Waals surface area contributed by atoms with Crippen LogP contribution in [0.4, 0.5) is 5.82 Å². The molecule has 1 N–H and O–H groups in total. The molecule has 5 nitrogen and oxygen atoms in total. The number of aromatic nitrogens is 2. The molecule has 0 fully saturated rings. The van der Waals surface area contributed by atoms with Crippen molar-refractivity contribution in [3.63, 3.8) is 0 Å². The number of benzene rings is 1. The molecule has 6 heteroatoms. The van der Waals surface area contributed by atoms with Gasteiger partial charge >= 0.3 is 0 Å². The molecule has 0 unspecified atom stereocenters. The van der Waals surface area contributed by atoms with Crippen molar-refractivity contribution in [2.45, 2.75) is 47.3 Å². The van der Waals surface area contributed by atoms with Crippen LogP contribution in [0.3, 0.4) is 0 Å². The van der Waals surface area contributed by atoms with Crippen molar-refractivity contribution >= 4 is 23.1 Å². The van der Waals surface area contributed by atoms with Gasteiger partial charge in [-0.1, -0.05) is 13.0 Å². The van der Waals surface area contributed by atoms with Crippen molar-refractivity contribution in [2.75, 3.05) is 5.32 Å². The van der Waals surface area contributed by atoms with E-state index in [1.54, 1.807) is 0 Å². The van der Waals surface area contributed by atoms with Gasteiger partial charge in [-0.3, -0.25) is 9.48 Å². The van der Waals surface area contributed by atoms with Gasteiger partial charge in [0.05, 0.1) is 4.88 Å². The first kappa shape index (κ1) is 19.2. The van der Waals surface area contributed by atoms with Crippen molar-refractivity contribution in [2.24, 2.45) is 0 Å². The number of anilines is 1. The lowest BCUT2D eigenvalue weighted by Gasteiger charge is -2.07. The van der Waals surface area contributed by atoms with Crippen LogP contribution in [0.15, 0.2) is 35.7 Å². The minimum atomic E-state index is -0.140. The molecule has 1 amide bonds. The van der Waals surface area contributed by atoms with Crippen LogP contribution in [0.5, 0.6) is 5.75 Å². The molecule has 0 bridgehead atoms. The van der Waals surface area contributed by atoms with E-state index in [1.165, 1.54) is 22.5 Å². The number of hydrogen-bond donors (Lipinski definition) is 1. The van der Waals surface area contributed by atoms with Gasteiger partial charge in [0.2, 0.25) is 0 Å². The Hall–Kier alpha value is -2.60. The zero-order valence-corrected chi connectivity index (χ0v) is 17.0. The topological polar surface area (TPSA) is 56.2 Å². The smallest absolute Gasteiger partial charge is 0.266 e.